The average molecular weight is 244 g/mol. The minimum atomic E-state index is -0.947. The summed E-state index contributed by atoms with van der Waals surface area (Å²) in [6.45, 7) is 5.80. The SMILES string of the molecule is Cc1ccc(-c2nc(C)c(C(=O)O)n2C)cc1C. The summed E-state index contributed by atoms with van der Waals surface area (Å²) in [4.78, 5) is 15.5. The summed E-state index contributed by atoms with van der Waals surface area (Å²) in [6, 6.07) is 6.02. The second-order valence-electron chi connectivity index (χ2n) is 4.53. The molecule has 1 aromatic heterocycles. The molecule has 0 fully saturated rings. The Morgan fingerprint density at radius 3 is 2.39 bits per heavy atom. The number of imidazole rings is 1. The van der Waals surface area contributed by atoms with E-state index in [1.165, 1.54) is 11.1 Å². The second kappa shape index (κ2) is 4.29. The van der Waals surface area contributed by atoms with Crippen molar-refractivity contribution in [2.75, 3.05) is 0 Å². The fourth-order valence-corrected chi connectivity index (χ4v) is 2.07. The number of carboxylic acid groups (broad SMARTS) is 1. The Kier molecular flexibility index (Phi) is 2.95. The topological polar surface area (TPSA) is 55.1 Å². The second-order valence-corrected chi connectivity index (χ2v) is 4.53. The Balaban J connectivity index is 2.61. The molecule has 2 aromatic rings. The molecular weight excluding hydrogens is 228 g/mol. The Morgan fingerprint density at radius 1 is 1.22 bits per heavy atom. The van der Waals surface area contributed by atoms with Crippen molar-refractivity contribution in [1.29, 1.82) is 0 Å². The van der Waals surface area contributed by atoms with Crippen molar-refractivity contribution in [1.82, 2.24) is 9.55 Å². The van der Waals surface area contributed by atoms with E-state index >= 15 is 0 Å². The molecule has 4 nitrogen and oxygen atoms in total. The Morgan fingerprint density at radius 2 is 1.89 bits per heavy atom. The molecular formula is C14H16N2O2. The summed E-state index contributed by atoms with van der Waals surface area (Å²) >= 11 is 0. The van der Waals surface area contributed by atoms with Gasteiger partial charge in [-0.1, -0.05) is 12.1 Å². The van der Waals surface area contributed by atoms with Crippen LogP contribution in [0.5, 0.6) is 0 Å². The number of rotatable bonds is 2. The van der Waals surface area contributed by atoms with Crippen LogP contribution in [0.4, 0.5) is 0 Å². The van der Waals surface area contributed by atoms with E-state index in [0.717, 1.165) is 5.56 Å². The fraction of sp³-hybridized carbons (Fsp3) is 0.286. The van der Waals surface area contributed by atoms with Gasteiger partial charge in [0.05, 0.1) is 5.69 Å². The zero-order chi connectivity index (χ0) is 13.4. The van der Waals surface area contributed by atoms with Gasteiger partial charge >= 0.3 is 5.97 Å². The van der Waals surface area contributed by atoms with E-state index in [4.69, 9.17) is 5.11 Å². The lowest BCUT2D eigenvalue weighted by Crippen LogP contribution is -2.06. The van der Waals surface area contributed by atoms with Crippen LogP contribution in [0.25, 0.3) is 11.4 Å². The van der Waals surface area contributed by atoms with Gasteiger partial charge in [0.1, 0.15) is 11.5 Å². The van der Waals surface area contributed by atoms with Gasteiger partial charge in [-0.2, -0.15) is 0 Å². The molecule has 0 radical (unpaired) electrons. The predicted molar refractivity (Wildman–Crippen MR) is 69.8 cm³/mol. The highest BCUT2D eigenvalue weighted by molar-refractivity contribution is 5.88. The van der Waals surface area contributed by atoms with Gasteiger partial charge in [0.2, 0.25) is 0 Å². The highest BCUT2D eigenvalue weighted by atomic mass is 16.4. The lowest BCUT2D eigenvalue weighted by atomic mass is 10.1. The number of carbonyl (C=O) groups is 1. The van der Waals surface area contributed by atoms with Gasteiger partial charge < -0.3 is 9.67 Å². The maximum absolute atomic E-state index is 11.1. The minimum absolute atomic E-state index is 0.239. The number of hydrogen-bond acceptors (Lipinski definition) is 2. The third-order valence-electron chi connectivity index (χ3n) is 3.24. The van der Waals surface area contributed by atoms with Crippen LogP contribution in [0.3, 0.4) is 0 Å². The van der Waals surface area contributed by atoms with E-state index in [2.05, 4.69) is 4.98 Å². The predicted octanol–water partition coefficient (Wildman–Crippen LogP) is 2.71. The lowest BCUT2D eigenvalue weighted by molar-refractivity contribution is 0.0686. The molecule has 0 saturated carbocycles. The van der Waals surface area contributed by atoms with Crippen molar-refractivity contribution in [2.45, 2.75) is 20.8 Å². The van der Waals surface area contributed by atoms with Gasteiger partial charge in [-0.15, -0.1) is 0 Å². The third-order valence-corrected chi connectivity index (χ3v) is 3.24. The summed E-state index contributed by atoms with van der Waals surface area (Å²) in [7, 11) is 1.73. The van der Waals surface area contributed by atoms with Crippen LogP contribution in [0, 0.1) is 20.8 Å². The molecule has 0 aliphatic carbocycles. The molecule has 0 amide bonds. The molecule has 0 aliphatic heterocycles. The first-order valence-corrected chi connectivity index (χ1v) is 5.76. The van der Waals surface area contributed by atoms with E-state index in [9.17, 15) is 4.79 Å². The normalized spacial score (nSPS) is 10.7. The van der Waals surface area contributed by atoms with Gasteiger partial charge in [-0.3, -0.25) is 0 Å². The van der Waals surface area contributed by atoms with Crippen LogP contribution < -0.4 is 0 Å². The van der Waals surface area contributed by atoms with E-state index in [1.54, 1.807) is 18.5 Å². The van der Waals surface area contributed by atoms with Crippen molar-refractivity contribution < 1.29 is 9.90 Å². The van der Waals surface area contributed by atoms with Crippen LogP contribution in [0.2, 0.25) is 0 Å². The zero-order valence-corrected chi connectivity index (χ0v) is 11.0. The summed E-state index contributed by atoms with van der Waals surface area (Å²) in [5.74, 6) is -0.259. The van der Waals surface area contributed by atoms with Crippen LogP contribution in [-0.2, 0) is 7.05 Å². The largest absolute Gasteiger partial charge is 0.477 e. The molecule has 1 N–H and O–H groups in total. The number of carboxylic acids is 1. The number of benzene rings is 1. The van der Waals surface area contributed by atoms with Gasteiger partial charge in [0, 0.05) is 12.6 Å². The van der Waals surface area contributed by atoms with Gasteiger partial charge in [0.25, 0.3) is 0 Å². The Labute approximate surface area is 106 Å². The lowest BCUT2D eigenvalue weighted by Gasteiger charge is -2.06. The number of hydrogen-bond donors (Lipinski definition) is 1. The zero-order valence-electron chi connectivity index (χ0n) is 11.0. The number of aromatic carboxylic acids is 1. The van der Waals surface area contributed by atoms with E-state index in [-0.39, 0.29) is 5.69 Å². The van der Waals surface area contributed by atoms with Gasteiger partial charge in [-0.25, -0.2) is 9.78 Å². The van der Waals surface area contributed by atoms with E-state index in [1.807, 2.05) is 32.0 Å². The van der Waals surface area contributed by atoms with E-state index in [0.29, 0.717) is 11.5 Å². The molecule has 1 heterocycles. The van der Waals surface area contributed by atoms with Crippen LogP contribution in [0.1, 0.15) is 27.3 Å². The first-order valence-electron chi connectivity index (χ1n) is 5.76. The van der Waals surface area contributed by atoms with Crippen molar-refractivity contribution in [2.24, 2.45) is 7.05 Å². The Bertz CT molecular complexity index is 627. The maximum Gasteiger partial charge on any atom is 0.354 e. The molecule has 0 aliphatic rings. The fourth-order valence-electron chi connectivity index (χ4n) is 2.07. The number of nitrogens with zero attached hydrogens (tertiary/aromatic N) is 2. The molecule has 0 saturated heterocycles. The maximum atomic E-state index is 11.1. The molecule has 18 heavy (non-hydrogen) atoms. The molecule has 2 rings (SSSR count). The minimum Gasteiger partial charge on any atom is -0.477 e. The first kappa shape index (κ1) is 12.4. The molecule has 0 bridgehead atoms. The summed E-state index contributed by atoms with van der Waals surface area (Å²) in [5.41, 5.74) is 4.10. The van der Waals surface area contributed by atoms with Crippen molar-refractivity contribution in [3.63, 3.8) is 0 Å². The molecule has 0 spiro atoms. The number of aromatic nitrogens is 2. The monoisotopic (exact) mass is 244 g/mol. The first-order chi connectivity index (χ1) is 8.41. The smallest absolute Gasteiger partial charge is 0.354 e. The standard InChI is InChI=1S/C14H16N2O2/c1-8-5-6-11(7-9(8)2)13-15-10(3)12(14(17)18)16(13)4/h5-7H,1-4H3,(H,17,18). The summed E-state index contributed by atoms with van der Waals surface area (Å²) in [5, 5.41) is 9.14. The number of aryl methyl sites for hydroxylation is 3. The van der Waals surface area contributed by atoms with Crippen molar-refractivity contribution in [3.05, 3.63) is 40.7 Å². The molecule has 1 aromatic carbocycles. The molecule has 4 heteroatoms. The summed E-state index contributed by atoms with van der Waals surface area (Å²) in [6.07, 6.45) is 0. The van der Waals surface area contributed by atoms with Crippen LogP contribution >= 0.6 is 0 Å². The molecule has 0 atom stereocenters. The molecule has 0 unspecified atom stereocenters. The van der Waals surface area contributed by atoms with E-state index < -0.39 is 5.97 Å². The van der Waals surface area contributed by atoms with Crippen molar-refractivity contribution in [3.8, 4) is 11.4 Å². The summed E-state index contributed by atoms with van der Waals surface area (Å²) < 4.78 is 1.63. The quantitative estimate of drug-likeness (QED) is 0.883. The highest BCUT2D eigenvalue weighted by Gasteiger charge is 2.18. The molecule has 94 valence electrons. The van der Waals surface area contributed by atoms with Gasteiger partial charge in [-0.05, 0) is 38.0 Å². The van der Waals surface area contributed by atoms with Gasteiger partial charge in [0.15, 0.2) is 0 Å². The Hall–Kier alpha value is -2.10. The highest BCUT2D eigenvalue weighted by Crippen LogP contribution is 2.23. The average Bonchev–Trinajstić information content (AvgIpc) is 2.58. The van der Waals surface area contributed by atoms with Crippen molar-refractivity contribution >= 4 is 5.97 Å². The van der Waals surface area contributed by atoms with Crippen LogP contribution in [0.15, 0.2) is 18.2 Å². The van der Waals surface area contributed by atoms with Crippen LogP contribution in [-0.4, -0.2) is 20.6 Å². The third kappa shape index (κ3) is 1.90.